The van der Waals surface area contributed by atoms with E-state index in [1.54, 1.807) is 38.5 Å². The van der Waals surface area contributed by atoms with Gasteiger partial charge in [-0.15, -0.1) is 0 Å². The normalized spacial score (nSPS) is 10.6. The minimum Gasteiger partial charge on any atom is -0.497 e. The predicted molar refractivity (Wildman–Crippen MR) is 106 cm³/mol. The molecule has 0 bridgehead atoms. The molecule has 0 unspecified atom stereocenters. The number of carbonyl (C=O) groups excluding carboxylic acids is 1. The molecular weight excluding hydrogens is 374 g/mol. The SMILES string of the molecule is COc1ccc(C(NC(=O)c2cnc(CO)[nH]c2=O)c2ccc(OC)cc2)cc1. The number of aromatic nitrogens is 2. The van der Waals surface area contributed by atoms with Gasteiger partial charge in [0.1, 0.15) is 29.5 Å². The van der Waals surface area contributed by atoms with Crippen LogP contribution in [0.15, 0.2) is 59.5 Å². The monoisotopic (exact) mass is 395 g/mol. The Hall–Kier alpha value is -3.65. The zero-order valence-electron chi connectivity index (χ0n) is 16.0. The molecule has 8 heteroatoms. The zero-order valence-corrected chi connectivity index (χ0v) is 16.0. The van der Waals surface area contributed by atoms with Crippen LogP contribution in [0.25, 0.3) is 0 Å². The van der Waals surface area contributed by atoms with E-state index in [9.17, 15) is 9.59 Å². The van der Waals surface area contributed by atoms with Crippen molar-refractivity contribution in [2.24, 2.45) is 0 Å². The van der Waals surface area contributed by atoms with E-state index in [0.717, 1.165) is 17.3 Å². The lowest BCUT2D eigenvalue weighted by molar-refractivity contribution is 0.0940. The number of carbonyl (C=O) groups is 1. The van der Waals surface area contributed by atoms with Gasteiger partial charge < -0.3 is 24.9 Å². The van der Waals surface area contributed by atoms with Crippen LogP contribution in [0, 0.1) is 0 Å². The summed E-state index contributed by atoms with van der Waals surface area (Å²) in [5, 5.41) is 11.9. The molecule has 29 heavy (non-hydrogen) atoms. The summed E-state index contributed by atoms with van der Waals surface area (Å²) in [6, 6.07) is 14.0. The molecule has 0 radical (unpaired) electrons. The van der Waals surface area contributed by atoms with Gasteiger partial charge in [-0.25, -0.2) is 4.98 Å². The first-order valence-corrected chi connectivity index (χ1v) is 8.83. The fourth-order valence-corrected chi connectivity index (χ4v) is 2.83. The molecule has 1 heterocycles. The molecule has 0 aliphatic carbocycles. The van der Waals surface area contributed by atoms with Crippen molar-refractivity contribution in [3.63, 3.8) is 0 Å². The van der Waals surface area contributed by atoms with Crippen molar-refractivity contribution in [3.8, 4) is 11.5 Å². The number of H-pyrrole nitrogens is 1. The van der Waals surface area contributed by atoms with Gasteiger partial charge in [0.25, 0.3) is 11.5 Å². The lowest BCUT2D eigenvalue weighted by Crippen LogP contribution is -2.34. The second kappa shape index (κ2) is 9.03. The van der Waals surface area contributed by atoms with Gasteiger partial charge in [-0.2, -0.15) is 0 Å². The van der Waals surface area contributed by atoms with Gasteiger partial charge in [-0.05, 0) is 35.4 Å². The summed E-state index contributed by atoms with van der Waals surface area (Å²) in [7, 11) is 3.15. The highest BCUT2D eigenvalue weighted by atomic mass is 16.5. The Labute approximate surface area is 167 Å². The summed E-state index contributed by atoms with van der Waals surface area (Å²) >= 11 is 0. The van der Waals surface area contributed by atoms with Crippen LogP contribution >= 0.6 is 0 Å². The van der Waals surface area contributed by atoms with Gasteiger partial charge in [-0.3, -0.25) is 9.59 Å². The molecule has 2 aromatic carbocycles. The van der Waals surface area contributed by atoms with E-state index in [0.29, 0.717) is 11.5 Å². The van der Waals surface area contributed by atoms with Gasteiger partial charge in [0.2, 0.25) is 0 Å². The largest absolute Gasteiger partial charge is 0.497 e. The summed E-state index contributed by atoms with van der Waals surface area (Å²) in [5.74, 6) is 0.885. The highest BCUT2D eigenvalue weighted by molar-refractivity contribution is 5.94. The fourth-order valence-electron chi connectivity index (χ4n) is 2.83. The minimum atomic E-state index is -0.621. The third-order valence-corrected chi connectivity index (χ3v) is 4.42. The Morgan fingerprint density at radius 1 is 1.03 bits per heavy atom. The molecule has 0 aliphatic rings. The Kier molecular flexibility index (Phi) is 6.25. The van der Waals surface area contributed by atoms with Crippen LogP contribution in [0.3, 0.4) is 0 Å². The predicted octanol–water partition coefficient (Wildman–Crippen LogP) is 1.80. The van der Waals surface area contributed by atoms with E-state index in [1.807, 2.05) is 24.3 Å². The molecule has 0 spiro atoms. The minimum absolute atomic E-state index is 0.0911. The molecule has 0 fully saturated rings. The summed E-state index contributed by atoms with van der Waals surface area (Å²) in [4.78, 5) is 31.2. The van der Waals surface area contributed by atoms with Crippen LogP contribution in [0.1, 0.15) is 33.4 Å². The van der Waals surface area contributed by atoms with Gasteiger partial charge in [0.05, 0.1) is 20.3 Å². The zero-order chi connectivity index (χ0) is 20.8. The lowest BCUT2D eigenvalue weighted by atomic mass is 9.98. The number of amides is 1. The Morgan fingerprint density at radius 3 is 1.97 bits per heavy atom. The van der Waals surface area contributed by atoms with Gasteiger partial charge in [0, 0.05) is 6.20 Å². The summed E-state index contributed by atoms with van der Waals surface area (Å²) < 4.78 is 10.4. The lowest BCUT2D eigenvalue weighted by Gasteiger charge is -2.20. The molecular formula is C21H21N3O5. The van der Waals surface area contributed by atoms with E-state index in [4.69, 9.17) is 14.6 Å². The maximum absolute atomic E-state index is 12.8. The standard InChI is InChI=1S/C21H21N3O5/c1-28-15-7-3-13(4-8-15)19(14-5-9-16(29-2)10-6-14)24-21(27)17-11-22-18(12-25)23-20(17)26/h3-11,19,25H,12H2,1-2H3,(H,24,27)(H,22,23,26). The quantitative estimate of drug-likeness (QED) is 0.562. The fraction of sp³-hybridized carbons (Fsp3) is 0.190. The molecule has 8 nitrogen and oxygen atoms in total. The van der Waals surface area contributed by atoms with Crippen molar-refractivity contribution in [1.29, 1.82) is 0 Å². The number of rotatable bonds is 7. The topological polar surface area (TPSA) is 114 Å². The van der Waals surface area contributed by atoms with Crippen LogP contribution in [0.2, 0.25) is 0 Å². The molecule has 150 valence electrons. The molecule has 0 saturated carbocycles. The average molecular weight is 395 g/mol. The number of hydrogen-bond donors (Lipinski definition) is 3. The number of aliphatic hydroxyl groups is 1. The van der Waals surface area contributed by atoms with Crippen LogP contribution in [0.5, 0.6) is 11.5 Å². The number of nitrogens with zero attached hydrogens (tertiary/aromatic N) is 1. The second-order valence-electron chi connectivity index (χ2n) is 6.18. The van der Waals surface area contributed by atoms with Crippen molar-refractivity contribution >= 4 is 5.91 Å². The molecule has 0 saturated heterocycles. The molecule has 3 aromatic rings. The van der Waals surface area contributed by atoms with Crippen LogP contribution in [-0.2, 0) is 6.61 Å². The summed E-state index contributed by atoms with van der Waals surface area (Å²) in [5.41, 5.74) is 0.848. The molecule has 0 aliphatic heterocycles. The number of aliphatic hydroxyl groups excluding tert-OH is 1. The Bertz CT molecular complexity index is 982. The van der Waals surface area contributed by atoms with E-state index < -0.39 is 24.1 Å². The highest BCUT2D eigenvalue weighted by Crippen LogP contribution is 2.26. The first-order chi connectivity index (χ1) is 14.0. The maximum Gasteiger partial charge on any atom is 0.263 e. The van der Waals surface area contributed by atoms with Crippen molar-refractivity contribution in [3.05, 3.63) is 87.6 Å². The third-order valence-electron chi connectivity index (χ3n) is 4.42. The smallest absolute Gasteiger partial charge is 0.263 e. The van der Waals surface area contributed by atoms with E-state index in [1.165, 1.54) is 0 Å². The van der Waals surface area contributed by atoms with Gasteiger partial charge >= 0.3 is 0 Å². The number of nitrogens with one attached hydrogen (secondary N) is 2. The molecule has 1 amide bonds. The molecule has 3 rings (SSSR count). The number of aromatic amines is 1. The van der Waals surface area contributed by atoms with Crippen molar-refractivity contribution in [2.45, 2.75) is 12.6 Å². The third kappa shape index (κ3) is 4.61. The van der Waals surface area contributed by atoms with Crippen molar-refractivity contribution < 1.29 is 19.4 Å². The van der Waals surface area contributed by atoms with Crippen LogP contribution < -0.4 is 20.3 Å². The van der Waals surface area contributed by atoms with Gasteiger partial charge in [-0.1, -0.05) is 24.3 Å². The van der Waals surface area contributed by atoms with Crippen LogP contribution in [-0.4, -0.2) is 35.2 Å². The first kappa shape index (κ1) is 20.1. The van der Waals surface area contributed by atoms with E-state index >= 15 is 0 Å². The summed E-state index contributed by atoms with van der Waals surface area (Å²) in [6.45, 7) is -0.419. The maximum atomic E-state index is 12.8. The summed E-state index contributed by atoms with van der Waals surface area (Å²) in [6.07, 6.45) is 1.15. The first-order valence-electron chi connectivity index (χ1n) is 8.83. The highest BCUT2D eigenvalue weighted by Gasteiger charge is 2.20. The van der Waals surface area contributed by atoms with Gasteiger partial charge in [0.15, 0.2) is 0 Å². The van der Waals surface area contributed by atoms with E-state index in [-0.39, 0.29) is 11.4 Å². The van der Waals surface area contributed by atoms with Crippen molar-refractivity contribution in [1.82, 2.24) is 15.3 Å². The number of benzene rings is 2. The second-order valence-corrected chi connectivity index (χ2v) is 6.18. The Balaban J connectivity index is 1.95. The molecule has 1 aromatic heterocycles. The van der Waals surface area contributed by atoms with Crippen LogP contribution in [0.4, 0.5) is 0 Å². The van der Waals surface area contributed by atoms with E-state index in [2.05, 4.69) is 15.3 Å². The molecule has 3 N–H and O–H groups in total. The average Bonchev–Trinajstić information content (AvgIpc) is 2.77. The van der Waals surface area contributed by atoms with Crippen molar-refractivity contribution in [2.75, 3.05) is 14.2 Å². The Morgan fingerprint density at radius 2 is 1.55 bits per heavy atom. The number of hydrogen-bond acceptors (Lipinski definition) is 6. The number of ether oxygens (including phenoxy) is 2. The number of methoxy groups -OCH3 is 2. The molecule has 0 atom stereocenters.